The summed E-state index contributed by atoms with van der Waals surface area (Å²) >= 11 is 0. The number of hydrogen-bond acceptors (Lipinski definition) is 3. The van der Waals surface area contributed by atoms with Gasteiger partial charge in [-0.05, 0) is 24.3 Å². The Morgan fingerprint density at radius 2 is 1.85 bits per heavy atom. The second kappa shape index (κ2) is 5.21. The van der Waals surface area contributed by atoms with Crippen molar-refractivity contribution in [3.05, 3.63) is 64.9 Å². The summed E-state index contributed by atoms with van der Waals surface area (Å²) in [6.45, 7) is 0.481. The lowest BCUT2D eigenvalue weighted by molar-refractivity contribution is 0.281. The van der Waals surface area contributed by atoms with Crippen molar-refractivity contribution in [1.82, 2.24) is 4.57 Å². The third kappa shape index (κ3) is 2.30. The van der Waals surface area contributed by atoms with Gasteiger partial charge in [0, 0.05) is 0 Å². The summed E-state index contributed by atoms with van der Waals surface area (Å²) in [7, 11) is 0. The molecule has 0 atom stereocenters. The smallest absolute Gasteiger partial charge is 0.420 e. The molecule has 1 heterocycles. The number of nitrogens with zero attached hydrogens (tertiary/aromatic N) is 1. The van der Waals surface area contributed by atoms with Crippen LogP contribution in [0.1, 0.15) is 0 Å². The Bertz CT molecular complexity index is 791. The zero-order valence-electron chi connectivity index (χ0n) is 10.6. The molecule has 2 aromatic carbocycles. The van der Waals surface area contributed by atoms with E-state index in [0.717, 1.165) is 0 Å². The highest BCUT2D eigenvalue weighted by atomic mass is 19.1. The van der Waals surface area contributed by atoms with Crippen LogP contribution in [-0.4, -0.2) is 11.2 Å². The van der Waals surface area contributed by atoms with E-state index in [-0.39, 0.29) is 12.4 Å². The topological polar surface area (TPSA) is 44.4 Å². The van der Waals surface area contributed by atoms with E-state index in [0.29, 0.717) is 17.6 Å². The molecule has 5 heteroatoms. The van der Waals surface area contributed by atoms with E-state index in [1.807, 2.05) is 6.07 Å². The Kier molecular flexibility index (Phi) is 3.25. The summed E-state index contributed by atoms with van der Waals surface area (Å²) in [6.07, 6.45) is 0. The van der Waals surface area contributed by atoms with Gasteiger partial charge in [-0.1, -0.05) is 24.3 Å². The van der Waals surface area contributed by atoms with Gasteiger partial charge in [-0.2, -0.15) is 0 Å². The monoisotopic (exact) mass is 273 g/mol. The van der Waals surface area contributed by atoms with Crippen LogP contribution in [-0.2, 0) is 6.54 Å². The maximum Gasteiger partial charge on any atom is 0.420 e. The van der Waals surface area contributed by atoms with Gasteiger partial charge in [-0.25, -0.2) is 9.18 Å². The van der Waals surface area contributed by atoms with Crippen molar-refractivity contribution in [1.29, 1.82) is 0 Å². The first kappa shape index (κ1) is 12.5. The molecule has 0 bridgehead atoms. The van der Waals surface area contributed by atoms with Gasteiger partial charge >= 0.3 is 5.76 Å². The molecule has 3 rings (SSSR count). The van der Waals surface area contributed by atoms with E-state index in [9.17, 15) is 9.18 Å². The Labute approximate surface area is 114 Å². The summed E-state index contributed by atoms with van der Waals surface area (Å²) in [5.41, 5.74) is 1.23. The molecular weight excluding hydrogens is 261 g/mol. The van der Waals surface area contributed by atoms with Crippen molar-refractivity contribution in [3.8, 4) is 5.75 Å². The molecule has 0 aliphatic rings. The summed E-state index contributed by atoms with van der Waals surface area (Å²) in [4.78, 5) is 11.7. The number of rotatable bonds is 4. The zero-order valence-corrected chi connectivity index (χ0v) is 10.6. The molecule has 0 saturated heterocycles. The zero-order chi connectivity index (χ0) is 13.9. The van der Waals surface area contributed by atoms with Crippen LogP contribution >= 0.6 is 0 Å². The number of aromatic nitrogens is 1. The van der Waals surface area contributed by atoms with E-state index in [4.69, 9.17) is 9.15 Å². The van der Waals surface area contributed by atoms with Crippen molar-refractivity contribution in [2.45, 2.75) is 6.54 Å². The Morgan fingerprint density at radius 1 is 1.10 bits per heavy atom. The summed E-state index contributed by atoms with van der Waals surface area (Å²) in [6, 6.07) is 13.3. The number of benzene rings is 2. The lowest BCUT2D eigenvalue weighted by Gasteiger charge is -2.07. The number of oxazole rings is 1. The van der Waals surface area contributed by atoms with Gasteiger partial charge < -0.3 is 9.15 Å². The van der Waals surface area contributed by atoms with Crippen molar-refractivity contribution < 1.29 is 13.5 Å². The van der Waals surface area contributed by atoms with Crippen molar-refractivity contribution in [2.24, 2.45) is 0 Å². The van der Waals surface area contributed by atoms with Gasteiger partial charge in [0.1, 0.15) is 6.61 Å². The molecule has 3 aromatic rings. The average molecular weight is 273 g/mol. The fourth-order valence-corrected chi connectivity index (χ4v) is 2.03. The van der Waals surface area contributed by atoms with Crippen molar-refractivity contribution >= 4 is 11.1 Å². The summed E-state index contributed by atoms with van der Waals surface area (Å²) < 4.78 is 25.3. The molecule has 4 nitrogen and oxygen atoms in total. The first-order valence-electron chi connectivity index (χ1n) is 6.21. The summed E-state index contributed by atoms with van der Waals surface area (Å²) in [5.74, 6) is -0.686. The highest BCUT2D eigenvalue weighted by Gasteiger charge is 2.08. The molecule has 0 N–H and O–H groups in total. The molecule has 0 spiro atoms. The van der Waals surface area contributed by atoms with Crippen LogP contribution in [0.5, 0.6) is 5.75 Å². The third-order valence-electron chi connectivity index (χ3n) is 2.98. The number of ether oxygens (including phenoxy) is 1. The minimum atomic E-state index is -0.441. The molecule has 102 valence electrons. The predicted octanol–water partition coefficient (Wildman–Crippen LogP) is 2.81. The van der Waals surface area contributed by atoms with E-state index in [1.54, 1.807) is 36.4 Å². The maximum absolute atomic E-state index is 13.4. The highest BCUT2D eigenvalue weighted by molar-refractivity contribution is 5.72. The standard InChI is InChI=1S/C15H12FNO3/c16-11-5-1-3-7-13(11)19-10-9-17-12-6-2-4-8-14(12)20-15(17)18/h1-8H,9-10H2. The van der Waals surface area contributed by atoms with E-state index in [2.05, 4.69) is 0 Å². The quantitative estimate of drug-likeness (QED) is 0.734. The van der Waals surface area contributed by atoms with Gasteiger partial charge in [0.2, 0.25) is 0 Å². The van der Waals surface area contributed by atoms with E-state index < -0.39 is 11.6 Å². The first-order chi connectivity index (χ1) is 9.75. The van der Waals surface area contributed by atoms with Crippen LogP contribution in [0.2, 0.25) is 0 Å². The third-order valence-corrected chi connectivity index (χ3v) is 2.98. The largest absolute Gasteiger partial charge is 0.489 e. The second-order valence-electron chi connectivity index (χ2n) is 4.27. The van der Waals surface area contributed by atoms with Gasteiger partial charge in [-0.3, -0.25) is 4.57 Å². The van der Waals surface area contributed by atoms with Crippen LogP contribution in [0.25, 0.3) is 11.1 Å². The Hall–Kier alpha value is -2.56. The van der Waals surface area contributed by atoms with Crippen LogP contribution in [0.4, 0.5) is 4.39 Å². The molecule has 0 aliphatic carbocycles. The molecule has 0 fully saturated rings. The number of fused-ring (bicyclic) bond motifs is 1. The molecule has 0 saturated carbocycles. The molecule has 0 amide bonds. The Morgan fingerprint density at radius 3 is 2.70 bits per heavy atom. The van der Waals surface area contributed by atoms with Gasteiger partial charge in [0.15, 0.2) is 17.1 Å². The minimum absolute atomic E-state index is 0.174. The fourth-order valence-electron chi connectivity index (χ4n) is 2.03. The lowest BCUT2D eigenvalue weighted by atomic mass is 10.3. The van der Waals surface area contributed by atoms with Gasteiger partial charge in [-0.15, -0.1) is 0 Å². The van der Waals surface area contributed by atoms with Crippen molar-refractivity contribution in [2.75, 3.05) is 6.61 Å². The van der Waals surface area contributed by atoms with Gasteiger partial charge in [0.05, 0.1) is 12.1 Å². The molecule has 0 aliphatic heterocycles. The highest BCUT2D eigenvalue weighted by Crippen LogP contribution is 2.16. The van der Waals surface area contributed by atoms with Crippen LogP contribution in [0.15, 0.2) is 57.7 Å². The number of halogens is 1. The van der Waals surface area contributed by atoms with E-state index >= 15 is 0 Å². The number of hydrogen-bond donors (Lipinski definition) is 0. The van der Waals surface area contributed by atoms with Gasteiger partial charge in [0.25, 0.3) is 0 Å². The van der Waals surface area contributed by atoms with Crippen LogP contribution < -0.4 is 10.5 Å². The molecule has 0 radical (unpaired) electrons. The molecular formula is C15H12FNO3. The van der Waals surface area contributed by atoms with Crippen LogP contribution in [0, 0.1) is 5.82 Å². The first-order valence-corrected chi connectivity index (χ1v) is 6.21. The number of para-hydroxylation sites is 3. The lowest BCUT2D eigenvalue weighted by Crippen LogP contribution is -2.18. The molecule has 1 aromatic heterocycles. The maximum atomic E-state index is 13.4. The van der Waals surface area contributed by atoms with Crippen molar-refractivity contribution in [3.63, 3.8) is 0 Å². The SMILES string of the molecule is O=c1oc2ccccc2n1CCOc1ccccc1F. The normalized spacial score (nSPS) is 10.8. The Balaban J connectivity index is 1.76. The average Bonchev–Trinajstić information content (AvgIpc) is 2.77. The second-order valence-corrected chi connectivity index (χ2v) is 4.27. The molecule has 20 heavy (non-hydrogen) atoms. The minimum Gasteiger partial charge on any atom is -0.489 e. The fraction of sp³-hybridized carbons (Fsp3) is 0.133. The predicted molar refractivity (Wildman–Crippen MR) is 72.4 cm³/mol. The van der Waals surface area contributed by atoms with Crippen LogP contribution in [0.3, 0.4) is 0 Å². The van der Waals surface area contributed by atoms with E-state index in [1.165, 1.54) is 10.6 Å². The summed E-state index contributed by atoms with van der Waals surface area (Å²) in [5, 5.41) is 0. The molecule has 0 unspecified atom stereocenters.